The Bertz CT molecular complexity index is 268. The van der Waals surface area contributed by atoms with Gasteiger partial charge in [0.05, 0.1) is 0 Å². The van der Waals surface area contributed by atoms with Gasteiger partial charge in [0.25, 0.3) is 0 Å². The minimum atomic E-state index is -1.33. The molecule has 0 aromatic heterocycles. The molecule has 1 N–H and O–H groups in total. The molecule has 0 aliphatic carbocycles. The number of aliphatic imine (C=N–C) groups is 1. The summed E-state index contributed by atoms with van der Waals surface area (Å²) < 4.78 is 15.4. The van der Waals surface area contributed by atoms with Gasteiger partial charge >= 0.3 is 0 Å². The van der Waals surface area contributed by atoms with Crippen LogP contribution in [0, 0.1) is 5.41 Å². The molecule has 0 aliphatic rings. The molecule has 0 aromatic carbocycles. The second-order valence-electron chi connectivity index (χ2n) is 4.16. The van der Waals surface area contributed by atoms with E-state index in [2.05, 4.69) is 16.1 Å². The molecule has 0 spiro atoms. The van der Waals surface area contributed by atoms with E-state index in [-0.39, 0.29) is 5.84 Å². The number of amidine groups is 1. The highest BCUT2D eigenvalue weighted by molar-refractivity contribution is 7.91. The SMILES string of the molecule is C=NC(=N)/C(CCC)=N/[S@+]([O-])C(C)(C)C. The number of nitrogens with zero attached hydrogens (tertiary/aromatic N) is 2. The van der Waals surface area contributed by atoms with E-state index in [4.69, 9.17) is 5.41 Å². The van der Waals surface area contributed by atoms with Crippen LogP contribution >= 0.6 is 0 Å². The summed E-state index contributed by atoms with van der Waals surface area (Å²) in [4.78, 5) is 3.51. The van der Waals surface area contributed by atoms with Gasteiger partial charge in [0, 0.05) is 0 Å². The van der Waals surface area contributed by atoms with Crippen LogP contribution in [0.5, 0.6) is 0 Å². The topological polar surface area (TPSA) is 71.6 Å². The van der Waals surface area contributed by atoms with E-state index in [1.54, 1.807) is 0 Å². The Balaban J connectivity index is 4.83. The fourth-order valence-corrected chi connectivity index (χ4v) is 1.42. The number of rotatable bonds is 4. The van der Waals surface area contributed by atoms with Gasteiger partial charge in [0.1, 0.15) is 21.8 Å². The van der Waals surface area contributed by atoms with Crippen LogP contribution in [0.1, 0.15) is 40.5 Å². The van der Waals surface area contributed by atoms with E-state index in [1.807, 2.05) is 27.7 Å². The van der Waals surface area contributed by atoms with Crippen molar-refractivity contribution < 1.29 is 4.55 Å². The van der Waals surface area contributed by atoms with Gasteiger partial charge in [0.2, 0.25) is 0 Å². The molecule has 15 heavy (non-hydrogen) atoms. The van der Waals surface area contributed by atoms with Crippen LogP contribution in [-0.2, 0) is 11.4 Å². The summed E-state index contributed by atoms with van der Waals surface area (Å²) in [6.45, 7) is 10.8. The molecule has 0 saturated heterocycles. The Morgan fingerprint density at radius 2 is 2.00 bits per heavy atom. The van der Waals surface area contributed by atoms with Crippen molar-refractivity contribution in [3.8, 4) is 0 Å². The van der Waals surface area contributed by atoms with Gasteiger partial charge in [-0.3, -0.25) is 5.41 Å². The zero-order valence-electron chi connectivity index (χ0n) is 9.83. The van der Waals surface area contributed by atoms with Gasteiger partial charge in [-0.25, -0.2) is 4.99 Å². The molecule has 0 heterocycles. The minimum absolute atomic E-state index is 0.0226. The molecule has 0 amide bonds. The number of nitrogens with one attached hydrogen (secondary N) is 1. The lowest BCUT2D eigenvalue weighted by atomic mass is 10.2. The molecule has 0 saturated carbocycles. The molecular weight excluding hydrogens is 210 g/mol. The molecule has 5 heteroatoms. The molecule has 0 aliphatic heterocycles. The van der Waals surface area contributed by atoms with E-state index < -0.39 is 16.1 Å². The van der Waals surface area contributed by atoms with Gasteiger partial charge in [-0.2, -0.15) is 0 Å². The van der Waals surface area contributed by atoms with Crippen LogP contribution in [0.2, 0.25) is 0 Å². The zero-order valence-corrected chi connectivity index (χ0v) is 10.6. The lowest BCUT2D eigenvalue weighted by molar-refractivity contribution is 0.561. The lowest BCUT2D eigenvalue weighted by Crippen LogP contribution is -2.28. The summed E-state index contributed by atoms with van der Waals surface area (Å²) in [5, 5.41) is 7.50. The Hall–Kier alpha value is -0.680. The first kappa shape index (κ1) is 14.3. The second kappa shape index (κ2) is 6.02. The van der Waals surface area contributed by atoms with E-state index in [0.29, 0.717) is 12.1 Å². The van der Waals surface area contributed by atoms with Crippen molar-refractivity contribution >= 4 is 29.6 Å². The first-order valence-corrected chi connectivity index (χ1v) is 5.98. The summed E-state index contributed by atoms with van der Waals surface area (Å²) >= 11 is -1.33. The molecule has 0 aromatic rings. The molecule has 86 valence electrons. The fraction of sp³-hybridized carbons (Fsp3) is 0.700. The van der Waals surface area contributed by atoms with Crippen molar-refractivity contribution in [2.75, 3.05) is 0 Å². The van der Waals surface area contributed by atoms with Crippen LogP contribution in [0.15, 0.2) is 9.39 Å². The average molecular weight is 229 g/mol. The zero-order chi connectivity index (χ0) is 12.1. The van der Waals surface area contributed by atoms with Gasteiger partial charge in [-0.1, -0.05) is 17.7 Å². The molecule has 0 fully saturated rings. The molecule has 0 bridgehead atoms. The maximum atomic E-state index is 11.7. The van der Waals surface area contributed by atoms with Gasteiger partial charge in [0.15, 0.2) is 5.84 Å². The average Bonchev–Trinajstić information content (AvgIpc) is 2.14. The Morgan fingerprint density at radius 1 is 1.47 bits per heavy atom. The van der Waals surface area contributed by atoms with E-state index in [9.17, 15) is 4.55 Å². The van der Waals surface area contributed by atoms with Crippen LogP contribution in [0.3, 0.4) is 0 Å². The van der Waals surface area contributed by atoms with Crippen LogP contribution < -0.4 is 0 Å². The van der Waals surface area contributed by atoms with Gasteiger partial charge < -0.3 is 4.55 Å². The Kier molecular flexibility index (Phi) is 5.75. The third-order valence-electron chi connectivity index (χ3n) is 1.64. The third kappa shape index (κ3) is 5.09. The third-order valence-corrected chi connectivity index (χ3v) is 3.07. The summed E-state index contributed by atoms with van der Waals surface area (Å²) in [7, 11) is 0. The van der Waals surface area contributed by atoms with Crippen molar-refractivity contribution in [1.82, 2.24) is 0 Å². The normalized spacial score (nSPS) is 14.9. The summed E-state index contributed by atoms with van der Waals surface area (Å²) in [5.74, 6) is 0.0226. The van der Waals surface area contributed by atoms with Crippen molar-refractivity contribution in [3.05, 3.63) is 0 Å². The predicted molar refractivity (Wildman–Crippen MR) is 67.5 cm³/mol. The summed E-state index contributed by atoms with van der Waals surface area (Å²) in [5.41, 5.74) is 0.473. The maximum Gasteiger partial charge on any atom is 0.170 e. The molecule has 0 radical (unpaired) electrons. The van der Waals surface area contributed by atoms with E-state index in [1.165, 1.54) is 0 Å². The summed E-state index contributed by atoms with van der Waals surface area (Å²) in [6, 6.07) is 0. The number of hydrogen-bond donors (Lipinski definition) is 1. The molecule has 0 rings (SSSR count). The first-order valence-electron chi connectivity index (χ1n) is 4.88. The van der Waals surface area contributed by atoms with E-state index >= 15 is 0 Å². The van der Waals surface area contributed by atoms with Crippen molar-refractivity contribution in [2.24, 2.45) is 9.39 Å². The maximum absolute atomic E-state index is 11.7. The molecular formula is C10H19N3OS. The summed E-state index contributed by atoms with van der Waals surface area (Å²) in [6.07, 6.45) is 1.46. The first-order chi connectivity index (χ1) is 6.82. The highest BCUT2D eigenvalue weighted by Gasteiger charge is 2.27. The quantitative estimate of drug-likeness (QED) is 0.448. The fourth-order valence-electron chi connectivity index (χ4n) is 0.772. The molecule has 4 nitrogen and oxygen atoms in total. The minimum Gasteiger partial charge on any atom is -0.591 e. The second-order valence-corrected chi connectivity index (χ2v) is 6.06. The van der Waals surface area contributed by atoms with E-state index in [0.717, 1.165) is 6.42 Å². The van der Waals surface area contributed by atoms with Crippen LogP contribution in [0.25, 0.3) is 0 Å². The standard InChI is InChI=1S/C10H19N3OS/c1-6-7-8(9(11)12-5)13-15(14)10(2,3)4/h11H,5-7H2,1-4H3/b11-9?,13-8+/t15-/m1/s1. The van der Waals surface area contributed by atoms with Gasteiger partial charge in [-0.05, 0) is 33.9 Å². The lowest BCUT2D eigenvalue weighted by Gasteiger charge is -2.19. The van der Waals surface area contributed by atoms with Crippen LogP contribution in [-0.4, -0.2) is 27.6 Å². The Morgan fingerprint density at radius 3 is 2.33 bits per heavy atom. The largest absolute Gasteiger partial charge is 0.591 e. The van der Waals surface area contributed by atoms with Crippen molar-refractivity contribution in [1.29, 1.82) is 5.41 Å². The molecule has 1 atom stereocenters. The predicted octanol–water partition coefficient (Wildman–Crippen LogP) is 2.37. The van der Waals surface area contributed by atoms with Crippen molar-refractivity contribution in [2.45, 2.75) is 45.3 Å². The monoisotopic (exact) mass is 229 g/mol. The highest BCUT2D eigenvalue weighted by Crippen LogP contribution is 2.18. The smallest absolute Gasteiger partial charge is 0.170 e. The highest BCUT2D eigenvalue weighted by atomic mass is 32.2. The number of hydrogen-bond acceptors (Lipinski definition) is 3. The van der Waals surface area contributed by atoms with Crippen LogP contribution in [0.4, 0.5) is 0 Å². The Labute approximate surface area is 94.7 Å². The van der Waals surface area contributed by atoms with Gasteiger partial charge in [-0.15, -0.1) is 0 Å². The molecule has 0 unspecified atom stereocenters. The van der Waals surface area contributed by atoms with Crippen molar-refractivity contribution in [3.63, 3.8) is 0 Å².